The van der Waals surface area contributed by atoms with E-state index in [1.807, 2.05) is 24.3 Å². The number of morpholine rings is 1. The van der Waals surface area contributed by atoms with Gasteiger partial charge < -0.3 is 25.4 Å². The monoisotopic (exact) mass is 426 g/mol. The van der Waals surface area contributed by atoms with Crippen molar-refractivity contribution in [2.45, 2.75) is 32.5 Å². The number of rotatable bonds is 6. The number of fused-ring (bicyclic) bond motifs is 1. The number of aromatic nitrogens is 2. The number of nitrogens with one attached hydrogen (secondary N) is 2. The van der Waals surface area contributed by atoms with Gasteiger partial charge in [-0.25, -0.2) is 14.8 Å². The van der Waals surface area contributed by atoms with Crippen LogP contribution in [0.15, 0.2) is 24.3 Å². The molecule has 4 rings (SSSR count). The Morgan fingerprint density at radius 1 is 1.26 bits per heavy atom. The van der Waals surface area contributed by atoms with Crippen molar-refractivity contribution in [2.75, 3.05) is 50.2 Å². The number of ether oxygens (including phenoxy) is 1. The average molecular weight is 427 g/mol. The summed E-state index contributed by atoms with van der Waals surface area (Å²) in [6.07, 6.45) is 0.529. The van der Waals surface area contributed by atoms with Crippen LogP contribution in [0.25, 0.3) is 11.4 Å². The van der Waals surface area contributed by atoms with Gasteiger partial charge in [0.25, 0.3) is 0 Å². The molecule has 0 aliphatic carbocycles. The molecule has 0 spiro atoms. The van der Waals surface area contributed by atoms with Crippen LogP contribution in [0, 0.1) is 0 Å². The molecule has 1 saturated heterocycles. The predicted molar refractivity (Wildman–Crippen MR) is 119 cm³/mol. The van der Waals surface area contributed by atoms with E-state index in [9.17, 15) is 4.79 Å². The molecule has 2 aliphatic rings. The van der Waals surface area contributed by atoms with Crippen molar-refractivity contribution >= 4 is 17.5 Å². The van der Waals surface area contributed by atoms with Gasteiger partial charge in [-0.2, -0.15) is 0 Å². The third kappa shape index (κ3) is 4.95. The number of carbonyl (C=O) groups is 1. The van der Waals surface area contributed by atoms with Crippen LogP contribution in [0.3, 0.4) is 0 Å². The summed E-state index contributed by atoms with van der Waals surface area (Å²) in [6, 6.07) is 7.53. The lowest BCUT2D eigenvalue weighted by atomic mass is 10.1. The molecule has 3 heterocycles. The Balaban J connectivity index is 1.56. The van der Waals surface area contributed by atoms with Gasteiger partial charge in [-0.1, -0.05) is 0 Å². The SMILES string of the molecule is CC1COCCN1c1nc(-c2ccc(NC(=O)NCCCO)cc2)nc2c1CN(C)C2. The second kappa shape index (κ2) is 9.59. The van der Waals surface area contributed by atoms with Crippen molar-refractivity contribution in [3.8, 4) is 11.4 Å². The fourth-order valence-electron chi connectivity index (χ4n) is 3.96. The zero-order valence-corrected chi connectivity index (χ0v) is 18.1. The number of aliphatic hydroxyl groups excluding tert-OH is 1. The van der Waals surface area contributed by atoms with E-state index in [0.717, 1.165) is 36.7 Å². The molecule has 0 bridgehead atoms. The van der Waals surface area contributed by atoms with Crippen LogP contribution in [-0.2, 0) is 17.8 Å². The lowest BCUT2D eigenvalue weighted by Crippen LogP contribution is -2.44. The van der Waals surface area contributed by atoms with Crippen LogP contribution in [0.5, 0.6) is 0 Å². The Morgan fingerprint density at radius 3 is 2.81 bits per heavy atom. The number of anilines is 2. The fraction of sp³-hybridized carbons (Fsp3) is 0.500. The van der Waals surface area contributed by atoms with Gasteiger partial charge in [-0.05, 0) is 44.7 Å². The van der Waals surface area contributed by atoms with Crippen molar-refractivity contribution in [3.63, 3.8) is 0 Å². The van der Waals surface area contributed by atoms with Crippen molar-refractivity contribution in [2.24, 2.45) is 0 Å². The van der Waals surface area contributed by atoms with Crippen LogP contribution in [0.1, 0.15) is 24.6 Å². The molecule has 2 aliphatic heterocycles. The van der Waals surface area contributed by atoms with E-state index in [4.69, 9.17) is 19.8 Å². The first-order chi connectivity index (χ1) is 15.0. The Morgan fingerprint density at radius 2 is 2.06 bits per heavy atom. The highest BCUT2D eigenvalue weighted by molar-refractivity contribution is 5.89. The second-order valence-electron chi connectivity index (χ2n) is 8.12. The van der Waals surface area contributed by atoms with Crippen LogP contribution >= 0.6 is 0 Å². The number of benzene rings is 1. The van der Waals surface area contributed by atoms with E-state index in [-0.39, 0.29) is 18.7 Å². The van der Waals surface area contributed by atoms with E-state index in [1.54, 1.807) is 0 Å². The zero-order chi connectivity index (χ0) is 21.8. The highest BCUT2D eigenvalue weighted by Gasteiger charge is 2.29. The molecule has 1 aromatic heterocycles. The van der Waals surface area contributed by atoms with Crippen molar-refractivity contribution in [3.05, 3.63) is 35.5 Å². The first-order valence-corrected chi connectivity index (χ1v) is 10.7. The van der Waals surface area contributed by atoms with Crippen LogP contribution < -0.4 is 15.5 Å². The molecule has 31 heavy (non-hydrogen) atoms. The second-order valence-corrected chi connectivity index (χ2v) is 8.12. The third-order valence-electron chi connectivity index (χ3n) is 5.58. The summed E-state index contributed by atoms with van der Waals surface area (Å²) in [6.45, 7) is 6.53. The van der Waals surface area contributed by atoms with Gasteiger partial charge in [0.1, 0.15) is 5.82 Å². The number of hydrogen-bond acceptors (Lipinski definition) is 7. The van der Waals surface area contributed by atoms with E-state index in [1.165, 1.54) is 5.56 Å². The van der Waals surface area contributed by atoms with E-state index in [0.29, 0.717) is 37.7 Å². The Labute approximate surface area is 182 Å². The Bertz CT molecular complexity index is 920. The normalized spacial score (nSPS) is 18.7. The molecular formula is C22H30N6O3. The molecule has 1 unspecified atom stereocenters. The molecule has 9 nitrogen and oxygen atoms in total. The van der Waals surface area contributed by atoms with Crippen LogP contribution in [-0.4, -0.2) is 72.0 Å². The van der Waals surface area contributed by atoms with Gasteiger partial charge in [0.2, 0.25) is 0 Å². The highest BCUT2D eigenvalue weighted by atomic mass is 16.5. The maximum Gasteiger partial charge on any atom is 0.319 e. The van der Waals surface area contributed by atoms with Gasteiger partial charge in [0, 0.05) is 49.6 Å². The summed E-state index contributed by atoms with van der Waals surface area (Å²) in [5.41, 5.74) is 3.88. The number of carbonyl (C=O) groups excluding carboxylic acids is 1. The number of aliphatic hydroxyl groups is 1. The maximum atomic E-state index is 11.9. The Hall–Kier alpha value is -2.75. The highest BCUT2D eigenvalue weighted by Crippen LogP contribution is 2.32. The number of amides is 2. The van der Waals surface area contributed by atoms with Crippen molar-refractivity contribution < 1.29 is 14.6 Å². The summed E-state index contributed by atoms with van der Waals surface area (Å²) in [5.74, 6) is 1.70. The average Bonchev–Trinajstić information content (AvgIpc) is 3.14. The minimum Gasteiger partial charge on any atom is -0.396 e. The number of nitrogens with zero attached hydrogens (tertiary/aromatic N) is 4. The van der Waals surface area contributed by atoms with E-state index < -0.39 is 0 Å². The Kier molecular flexibility index (Phi) is 6.64. The van der Waals surface area contributed by atoms with Gasteiger partial charge in [0.15, 0.2) is 5.82 Å². The summed E-state index contributed by atoms with van der Waals surface area (Å²) in [5, 5.41) is 14.3. The quantitative estimate of drug-likeness (QED) is 0.606. The van der Waals surface area contributed by atoms with Crippen molar-refractivity contribution in [1.29, 1.82) is 0 Å². The van der Waals surface area contributed by atoms with E-state index in [2.05, 4.69) is 34.4 Å². The molecule has 0 radical (unpaired) electrons. The van der Waals surface area contributed by atoms with Crippen LogP contribution in [0.4, 0.5) is 16.3 Å². The molecular weight excluding hydrogens is 396 g/mol. The third-order valence-corrected chi connectivity index (χ3v) is 5.58. The molecule has 9 heteroatoms. The summed E-state index contributed by atoms with van der Waals surface area (Å²) in [7, 11) is 2.10. The summed E-state index contributed by atoms with van der Waals surface area (Å²) < 4.78 is 5.62. The molecule has 2 amide bonds. The topological polar surface area (TPSA) is 103 Å². The number of urea groups is 1. The maximum absolute atomic E-state index is 11.9. The van der Waals surface area contributed by atoms with Crippen molar-refractivity contribution in [1.82, 2.24) is 20.2 Å². The lowest BCUT2D eigenvalue weighted by molar-refractivity contribution is 0.0984. The van der Waals surface area contributed by atoms with Gasteiger partial charge in [-0.3, -0.25) is 4.90 Å². The largest absolute Gasteiger partial charge is 0.396 e. The standard InChI is InChI=1S/C22H30N6O3/c1-15-14-31-11-9-28(15)21-18-12-27(2)13-19(18)25-20(26-21)16-4-6-17(7-5-16)24-22(30)23-8-3-10-29/h4-7,15,29H,3,8-14H2,1-2H3,(H2,23,24,30). The van der Waals surface area contributed by atoms with Crippen LogP contribution in [0.2, 0.25) is 0 Å². The number of hydrogen-bond donors (Lipinski definition) is 3. The van der Waals surface area contributed by atoms with Gasteiger partial charge in [-0.15, -0.1) is 0 Å². The predicted octanol–water partition coefficient (Wildman–Crippen LogP) is 1.82. The zero-order valence-electron chi connectivity index (χ0n) is 18.1. The molecule has 3 N–H and O–H groups in total. The molecule has 2 aromatic rings. The van der Waals surface area contributed by atoms with Gasteiger partial charge >= 0.3 is 6.03 Å². The first-order valence-electron chi connectivity index (χ1n) is 10.7. The molecule has 0 saturated carbocycles. The minimum atomic E-state index is -0.290. The van der Waals surface area contributed by atoms with E-state index >= 15 is 0 Å². The molecule has 1 aromatic carbocycles. The summed E-state index contributed by atoms with van der Waals surface area (Å²) >= 11 is 0. The lowest BCUT2D eigenvalue weighted by Gasteiger charge is -2.35. The van der Waals surface area contributed by atoms with Gasteiger partial charge in [0.05, 0.1) is 24.9 Å². The molecule has 1 fully saturated rings. The molecule has 166 valence electrons. The first kappa shape index (κ1) is 21.5. The summed E-state index contributed by atoms with van der Waals surface area (Å²) in [4.78, 5) is 26.3. The molecule has 1 atom stereocenters. The minimum absolute atomic E-state index is 0.0523. The fourth-order valence-corrected chi connectivity index (χ4v) is 3.96. The smallest absolute Gasteiger partial charge is 0.319 e.